The summed E-state index contributed by atoms with van der Waals surface area (Å²) in [6.07, 6.45) is 1.94. The molecule has 0 aromatic rings. The van der Waals surface area contributed by atoms with Crippen LogP contribution in [0.25, 0.3) is 0 Å². The number of hydrogen-bond donors (Lipinski definition) is 1. The molecule has 2 amide bonds. The van der Waals surface area contributed by atoms with Gasteiger partial charge in [0.2, 0.25) is 11.8 Å². The molecule has 1 aliphatic heterocycles. The van der Waals surface area contributed by atoms with Crippen molar-refractivity contribution in [2.75, 3.05) is 59.9 Å². The average molecular weight is 284 g/mol. The lowest BCUT2D eigenvalue weighted by Gasteiger charge is -2.26. The van der Waals surface area contributed by atoms with Gasteiger partial charge in [-0.05, 0) is 25.9 Å². The van der Waals surface area contributed by atoms with Gasteiger partial charge < -0.3 is 15.1 Å². The number of likely N-dealkylation sites (N-methyl/N-ethyl adjacent to an activating group) is 1. The summed E-state index contributed by atoms with van der Waals surface area (Å²) in [6, 6.07) is 0. The zero-order valence-corrected chi connectivity index (χ0v) is 13.0. The molecule has 0 atom stereocenters. The fourth-order valence-corrected chi connectivity index (χ4v) is 2.25. The zero-order valence-electron chi connectivity index (χ0n) is 13.0. The van der Waals surface area contributed by atoms with Gasteiger partial charge in [0.25, 0.3) is 0 Å². The first-order valence-electron chi connectivity index (χ1n) is 7.45. The predicted molar refractivity (Wildman–Crippen MR) is 79.5 cm³/mol. The highest BCUT2D eigenvalue weighted by Crippen LogP contribution is 2.00. The lowest BCUT2D eigenvalue weighted by Crippen LogP contribution is -2.45. The maximum Gasteiger partial charge on any atom is 0.236 e. The minimum atomic E-state index is 0.0452. The Balaban J connectivity index is 2.50. The van der Waals surface area contributed by atoms with Gasteiger partial charge in [-0.1, -0.05) is 6.92 Å². The van der Waals surface area contributed by atoms with Gasteiger partial charge in [-0.3, -0.25) is 14.5 Å². The second kappa shape index (κ2) is 8.92. The van der Waals surface area contributed by atoms with Crippen LogP contribution in [-0.2, 0) is 9.59 Å². The van der Waals surface area contributed by atoms with E-state index in [1.54, 1.807) is 19.0 Å². The molecule has 6 heteroatoms. The molecule has 1 heterocycles. The molecule has 0 spiro atoms. The fourth-order valence-electron chi connectivity index (χ4n) is 2.25. The minimum Gasteiger partial charge on any atom is -0.348 e. The van der Waals surface area contributed by atoms with Gasteiger partial charge in [-0.15, -0.1) is 0 Å². The van der Waals surface area contributed by atoms with E-state index >= 15 is 0 Å². The number of nitrogens with one attached hydrogen (secondary N) is 1. The molecule has 0 aromatic carbocycles. The molecule has 20 heavy (non-hydrogen) atoms. The monoisotopic (exact) mass is 284 g/mol. The van der Waals surface area contributed by atoms with Crippen molar-refractivity contribution in [1.82, 2.24) is 20.0 Å². The van der Waals surface area contributed by atoms with Crippen LogP contribution >= 0.6 is 0 Å². The van der Waals surface area contributed by atoms with Crippen molar-refractivity contribution < 1.29 is 9.59 Å². The maximum absolute atomic E-state index is 12.3. The molecular formula is C14H28N4O2. The Morgan fingerprint density at radius 3 is 2.55 bits per heavy atom. The van der Waals surface area contributed by atoms with Crippen LogP contribution in [0.15, 0.2) is 0 Å². The Morgan fingerprint density at radius 1 is 1.15 bits per heavy atom. The zero-order chi connectivity index (χ0) is 15.0. The maximum atomic E-state index is 12.3. The molecule has 1 rings (SSSR count). The van der Waals surface area contributed by atoms with E-state index in [-0.39, 0.29) is 11.8 Å². The Kier molecular flexibility index (Phi) is 7.54. The molecular weight excluding hydrogens is 256 g/mol. The molecule has 0 radical (unpaired) electrons. The Morgan fingerprint density at radius 2 is 1.90 bits per heavy atom. The molecule has 116 valence electrons. The molecule has 0 bridgehead atoms. The molecule has 0 aromatic heterocycles. The second-order valence-electron chi connectivity index (χ2n) is 5.48. The third-order valence-electron chi connectivity index (χ3n) is 3.45. The van der Waals surface area contributed by atoms with Crippen LogP contribution in [-0.4, -0.2) is 86.4 Å². The van der Waals surface area contributed by atoms with Crippen LogP contribution in [0, 0.1) is 0 Å². The van der Waals surface area contributed by atoms with E-state index in [1.165, 1.54) is 0 Å². The van der Waals surface area contributed by atoms with Gasteiger partial charge in [0, 0.05) is 33.7 Å². The molecule has 0 saturated carbocycles. The highest BCUT2D eigenvalue weighted by atomic mass is 16.2. The van der Waals surface area contributed by atoms with Crippen molar-refractivity contribution >= 4 is 11.8 Å². The van der Waals surface area contributed by atoms with Gasteiger partial charge in [-0.2, -0.15) is 0 Å². The van der Waals surface area contributed by atoms with Crippen molar-refractivity contribution in [3.8, 4) is 0 Å². The Bertz CT molecular complexity index is 312. The summed E-state index contributed by atoms with van der Waals surface area (Å²) >= 11 is 0. The number of nitrogens with zero attached hydrogens (tertiary/aromatic N) is 3. The molecule has 1 fully saturated rings. The predicted octanol–water partition coefficient (Wildman–Crippen LogP) is -0.391. The van der Waals surface area contributed by atoms with E-state index in [4.69, 9.17) is 0 Å². The van der Waals surface area contributed by atoms with E-state index in [9.17, 15) is 9.59 Å². The van der Waals surface area contributed by atoms with Gasteiger partial charge in [0.05, 0.1) is 13.1 Å². The molecule has 6 nitrogen and oxygen atoms in total. The number of rotatable bonds is 6. The van der Waals surface area contributed by atoms with Gasteiger partial charge in [0.1, 0.15) is 0 Å². The van der Waals surface area contributed by atoms with E-state index in [0.29, 0.717) is 13.1 Å². The molecule has 1 saturated heterocycles. The number of carbonyl (C=O) groups is 2. The molecule has 0 aliphatic carbocycles. The van der Waals surface area contributed by atoms with Gasteiger partial charge >= 0.3 is 0 Å². The van der Waals surface area contributed by atoms with Gasteiger partial charge in [-0.25, -0.2) is 0 Å². The van der Waals surface area contributed by atoms with Crippen LogP contribution in [0.2, 0.25) is 0 Å². The summed E-state index contributed by atoms with van der Waals surface area (Å²) in [4.78, 5) is 29.5. The lowest BCUT2D eigenvalue weighted by atomic mass is 10.3. The summed E-state index contributed by atoms with van der Waals surface area (Å²) in [6.45, 7) is 6.91. The summed E-state index contributed by atoms with van der Waals surface area (Å²) < 4.78 is 0. The van der Waals surface area contributed by atoms with Crippen molar-refractivity contribution in [1.29, 1.82) is 0 Å². The van der Waals surface area contributed by atoms with E-state index in [2.05, 4.69) is 12.2 Å². The highest BCUT2D eigenvalue weighted by molar-refractivity contribution is 5.81. The molecule has 1 aliphatic rings. The number of carbonyl (C=O) groups excluding carboxylic acids is 2. The van der Waals surface area contributed by atoms with Crippen molar-refractivity contribution in [3.63, 3.8) is 0 Å². The minimum absolute atomic E-state index is 0.0452. The Hall–Kier alpha value is -1.14. The van der Waals surface area contributed by atoms with Crippen LogP contribution in [0.4, 0.5) is 0 Å². The first-order chi connectivity index (χ1) is 9.54. The third kappa shape index (κ3) is 5.88. The number of hydrogen-bond acceptors (Lipinski definition) is 4. The third-order valence-corrected chi connectivity index (χ3v) is 3.45. The topological polar surface area (TPSA) is 55.9 Å². The fraction of sp³-hybridized carbons (Fsp3) is 0.857. The first kappa shape index (κ1) is 16.9. The normalized spacial score (nSPS) is 16.1. The highest BCUT2D eigenvalue weighted by Gasteiger charge is 2.20. The quantitative estimate of drug-likeness (QED) is 0.722. The molecule has 0 unspecified atom stereocenters. The van der Waals surface area contributed by atoms with Gasteiger partial charge in [0.15, 0.2) is 0 Å². The largest absolute Gasteiger partial charge is 0.348 e. The van der Waals surface area contributed by atoms with E-state index in [1.807, 2.05) is 9.80 Å². The summed E-state index contributed by atoms with van der Waals surface area (Å²) in [5.41, 5.74) is 0. The smallest absolute Gasteiger partial charge is 0.236 e. The van der Waals surface area contributed by atoms with Crippen LogP contribution in [0.5, 0.6) is 0 Å². The van der Waals surface area contributed by atoms with Crippen molar-refractivity contribution in [2.24, 2.45) is 0 Å². The summed E-state index contributed by atoms with van der Waals surface area (Å²) in [5.74, 6) is 0.178. The van der Waals surface area contributed by atoms with Crippen molar-refractivity contribution in [2.45, 2.75) is 19.8 Å². The average Bonchev–Trinajstić information content (AvgIpc) is 2.67. The first-order valence-corrected chi connectivity index (χ1v) is 7.45. The summed E-state index contributed by atoms with van der Waals surface area (Å²) in [5, 5.41) is 3.29. The Labute approximate surface area is 122 Å². The standard InChI is InChI=1S/C14H28N4O2/c1-4-8-17(11-13(19)16(2)3)12-14(20)18-9-5-6-15-7-10-18/h15H,4-12H2,1-3H3. The SMILES string of the molecule is CCCN(CC(=O)N(C)C)CC(=O)N1CCCNCC1. The summed E-state index contributed by atoms with van der Waals surface area (Å²) in [7, 11) is 3.49. The van der Waals surface area contributed by atoms with E-state index < -0.39 is 0 Å². The molecule has 1 N–H and O–H groups in total. The number of amides is 2. The van der Waals surface area contributed by atoms with Crippen LogP contribution in [0.1, 0.15) is 19.8 Å². The van der Waals surface area contributed by atoms with E-state index in [0.717, 1.165) is 45.6 Å². The van der Waals surface area contributed by atoms with Crippen LogP contribution < -0.4 is 5.32 Å². The lowest BCUT2D eigenvalue weighted by molar-refractivity contribution is -0.134. The van der Waals surface area contributed by atoms with Crippen LogP contribution in [0.3, 0.4) is 0 Å². The van der Waals surface area contributed by atoms with Crippen molar-refractivity contribution in [3.05, 3.63) is 0 Å². The second-order valence-corrected chi connectivity index (χ2v) is 5.48.